The van der Waals surface area contributed by atoms with Crippen molar-refractivity contribution < 1.29 is 19.4 Å². The van der Waals surface area contributed by atoms with Crippen LogP contribution in [0.1, 0.15) is 55.6 Å². The molecule has 6 nitrogen and oxygen atoms in total. The predicted octanol–water partition coefficient (Wildman–Crippen LogP) is 4.63. The van der Waals surface area contributed by atoms with Gasteiger partial charge in [0.2, 0.25) is 0 Å². The molecule has 1 amide bonds. The van der Waals surface area contributed by atoms with Gasteiger partial charge in [-0.2, -0.15) is 0 Å². The van der Waals surface area contributed by atoms with Gasteiger partial charge in [-0.05, 0) is 67.6 Å². The quantitative estimate of drug-likeness (QED) is 0.631. The lowest BCUT2D eigenvalue weighted by Crippen LogP contribution is -2.42. The van der Waals surface area contributed by atoms with Crippen molar-refractivity contribution >= 4 is 12.1 Å². The highest BCUT2D eigenvalue weighted by molar-refractivity contribution is 5.81. The summed E-state index contributed by atoms with van der Waals surface area (Å²) in [6, 6.07) is 15.3. The first-order valence-electron chi connectivity index (χ1n) is 11.7. The first-order valence-corrected chi connectivity index (χ1v) is 11.7. The third-order valence-electron chi connectivity index (χ3n) is 6.60. The van der Waals surface area contributed by atoms with Gasteiger partial charge in [0, 0.05) is 5.92 Å². The van der Waals surface area contributed by atoms with Crippen molar-refractivity contribution in [2.45, 2.75) is 50.5 Å². The Kier molecular flexibility index (Phi) is 7.43. The normalized spacial score (nSPS) is 17.1. The smallest absolute Gasteiger partial charge is 0.407 e. The molecule has 170 valence electrons. The Hall–Kier alpha value is -2.86. The monoisotopic (exact) mass is 436 g/mol. The van der Waals surface area contributed by atoms with Crippen molar-refractivity contribution in [3.8, 4) is 11.1 Å². The van der Waals surface area contributed by atoms with Crippen LogP contribution < -0.4 is 5.32 Å². The molecule has 2 aromatic carbocycles. The van der Waals surface area contributed by atoms with Crippen LogP contribution in [0.5, 0.6) is 0 Å². The number of carboxylic acid groups (broad SMARTS) is 1. The van der Waals surface area contributed by atoms with E-state index < -0.39 is 18.1 Å². The fourth-order valence-electron chi connectivity index (χ4n) is 4.92. The molecule has 1 heterocycles. The van der Waals surface area contributed by atoms with Crippen LogP contribution in [0, 0.1) is 0 Å². The highest BCUT2D eigenvalue weighted by Gasteiger charge is 2.29. The van der Waals surface area contributed by atoms with Gasteiger partial charge in [0.1, 0.15) is 12.6 Å². The first kappa shape index (κ1) is 22.3. The molecule has 0 saturated carbocycles. The Morgan fingerprint density at radius 3 is 2.16 bits per heavy atom. The summed E-state index contributed by atoms with van der Waals surface area (Å²) in [4.78, 5) is 26.5. The molecule has 1 aliphatic heterocycles. The number of hydrogen-bond acceptors (Lipinski definition) is 4. The second-order valence-corrected chi connectivity index (χ2v) is 8.76. The molecule has 2 aliphatic rings. The maximum atomic E-state index is 12.4. The number of alkyl carbamates (subject to hydrolysis) is 1. The van der Waals surface area contributed by atoms with Crippen LogP contribution in [0.4, 0.5) is 4.79 Å². The summed E-state index contributed by atoms with van der Waals surface area (Å²) in [5.41, 5.74) is 4.59. The molecule has 2 aromatic rings. The van der Waals surface area contributed by atoms with E-state index in [-0.39, 0.29) is 12.5 Å². The lowest BCUT2D eigenvalue weighted by Gasteiger charge is -2.21. The third-order valence-corrected chi connectivity index (χ3v) is 6.60. The second kappa shape index (κ2) is 10.6. The molecular formula is C26H32N2O4. The topological polar surface area (TPSA) is 78.9 Å². The average molecular weight is 437 g/mol. The molecule has 0 spiro atoms. The number of benzene rings is 2. The summed E-state index contributed by atoms with van der Waals surface area (Å²) in [5.74, 6) is -1.06. The summed E-state index contributed by atoms with van der Waals surface area (Å²) in [6.45, 7) is 3.21. The summed E-state index contributed by atoms with van der Waals surface area (Å²) in [5, 5.41) is 12.1. The van der Waals surface area contributed by atoms with E-state index in [0.29, 0.717) is 6.42 Å². The number of carboxylic acids is 1. The number of ether oxygens (including phenoxy) is 1. The second-order valence-electron chi connectivity index (χ2n) is 8.76. The van der Waals surface area contributed by atoms with Gasteiger partial charge in [-0.25, -0.2) is 9.59 Å². The minimum absolute atomic E-state index is 0.0422. The van der Waals surface area contributed by atoms with E-state index in [0.717, 1.165) is 48.3 Å². The molecule has 6 heteroatoms. The molecule has 0 aromatic heterocycles. The van der Waals surface area contributed by atoms with E-state index in [4.69, 9.17) is 4.74 Å². The number of hydrogen-bond donors (Lipinski definition) is 2. The molecule has 1 atom stereocenters. The molecule has 1 saturated heterocycles. The van der Waals surface area contributed by atoms with Crippen molar-refractivity contribution in [1.29, 1.82) is 0 Å². The lowest BCUT2D eigenvalue weighted by molar-refractivity contribution is -0.139. The predicted molar refractivity (Wildman–Crippen MR) is 124 cm³/mol. The molecule has 1 fully saturated rings. The van der Waals surface area contributed by atoms with E-state index in [2.05, 4.69) is 34.5 Å². The van der Waals surface area contributed by atoms with Crippen molar-refractivity contribution in [3.05, 3.63) is 59.7 Å². The van der Waals surface area contributed by atoms with Crippen LogP contribution in [0.3, 0.4) is 0 Å². The van der Waals surface area contributed by atoms with Gasteiger partial charge in [-0.15, -0.1) is 0 Å². The summed E-state index contributed by atoms with van der Waals surface area (Å²) < 4.78 is 5.51. The molecule has 32 heavy (non-hydrogen) atoms. The highest BCUT2D eigenvalue weighted by Crippen LogP contribution is 2.44. The lowest BCUT2D eigenvalue weighted by atomic mass is 9.98. The number of nitrogens with one attached hydrogen (secondary N) is 1. The molecule has 1 unspecified atom stereocenters. The number of amides is 1. The number of aliphatic carboxylic acids is 1. The molecule has 0 bridgehead atoms. The number of rotatable bonds is 8. The van der Waals surface area contributed by atoms with Crippen molar-refractivity contribution in [2.75, 3.05) is 26.2 Å². The van der Waals surface area contributed by atoms with E-state index in [9.17, 15) is 14.7 Å². The molecule has 0 radical (unpaired) electrons. The average Bonchev–Trinajstić information content (AvgIpc) is 2.92. The van der Waals surface area contributed by atoms with Gasteiger partial charge in [0.15, 0.2) is 0 Å². The molecule has 1 aliphatic carbocycles. The van der Waals surface area contributed by atoms with Crippen molar-refractivity contribution in [3.63, 3.8) is 0 Å². The number of carbonyl (C=O) groups is 2. The fourth-order valence-corrected chi connectivity index (χ4v) is 4.92. The van der Waals surface area contributed by atoms with Crippen LogP contribution in [-0.2, 0) is 9.53 Å². The molecular weight excluding hydrogens is 404 g/mol. The van der Waals surface area contributed by atoms with Gasteiger partial charge in [0.25, 0.3) is 0 Å². The van der Waals surface area contributed by atoms with Gasteiger partial charge in [0.05, 0.1) is 0 Å². The van der Waals surface area contributed by atoms with Gasteiger partial charge in [-0.1, -0.05) is 61.4 Å². The zero-order chi connectivity index (χ0) is 22.3. The Bertz CT molecular complexity index is 891. The van der Waals surface area contributed by atoms with Crippen molar-refractivity contribution in [2.24, 2.45) is 0 Å². The third kappa shape index (κ3) is 5.30. The molecule has 4 rings (SSSR count). The number of carbonyl (C=O) groups excluding carboxylic acids is 1. The number of likely N-dealkylation sites (tertiary alicyclic amines) is 1. The Labute approximate surface area is 189 Å². The van der Waals surface area contributed by atoms with E-state index >= 15 is 0 Å². The van der Waals surface area contributed by atoms with Gasteiger partial charge < -0.3 is 20.1 Å². The number of fused-ring (bicyclic) bond motifs is 3. The fraction of sp³-hybridized carbons (Fsp3) is 0.462. The summed E-state index contributed by atoms with van der Waals surface area (Å²) >= 11 is 0. The van der Waals surface area contributed by atoms with Crippen molar-refractivity contribution in [1.82, 2.24) is 10.2 Å². The Morgan fingerprint density at radius 1 is 0.969 bits per heavy atom. The SMILES string of the molecule is O=C(NC(CCCN1CCCCCC1)C(=O)O)OCC1c2ccccc2-c2ccccc21. The van der Waals surface area contributed by atoms with E-state index in [1.165, 1.54) is 25.7 Å². The van der Waals surface area contributed by atoms with Gasteiger partial charge in [-0.3, -0.25) is 0 Å². The maximum absolute atomic E-state index is 12.4. The van der Waals surface area contributed by atoms with E-state index in [1.807, 2.05) is 24.3 Å². The van der Waals surface area contributed by atoms with E-state index in [1.54, 1.807) is 0 Å². The molecule has 2 N–H and O–H groups in total. The minimum atomic E-state index is -1.02. The Morgan fingerprint density at radius 2 is 1.56 bits per heavy atom. The first-order chi connectivity index (χ1) is 15.6. The largest absolute Gasteiger partial charge is 0.480 e. The minimum Gasteiger partial charge on any atom is -0.480 e. The maximum Gasteiger partial charge on any atom is 0.407 e. The number of nitrogens with zero attached hydrogens (tertiary/aromatic N) is 1. The summed E-state index contributed by atoms with van der Waals surface area (Å²) in [7, 11) is 0. The zero-order valence-corrected chi connectivity index (χ0v) is 18.5. The standard InChI is InChI=1S/C26H32N2O4/c29-25(30)24(14-9-17-28-15-7-1-2-8-16-28)27-26(31)32-18-23-21-12-5-3-10-19(21)20-11-4-6-13-22(20)23/h3-6,10-13,23-24H,1-2,7-9,14-18H2,(H,27,31)(H,29,30). The highest BCUT2D eigenvalue weighted by atomic mass is 16.5. The van der Waals surface area contributed by atoms with Crippen LogP contribution >= 0.6 is 0 Å². The summed E-state index contributed by atoms with van der Waals surface area (Å²) in [6.07, 6.45) is 5.43. The van der Waals surface area contributed by atoms with Gasteiger partial charge >= 0.3 is 12.1 Å². The van der Waals surface area contributed by atoms with Crippen LogP contribution in [0.25, 0.3) is 11.1 Å². The zero-order valence-electron chi connectivity index (χ0n) is 18.5. The van der Waals surface area contributed by atoms with Crippen LogP contribution in [-0.4, -0.2) is 54.4 Å². The Balaban J connectivity index is 1.30. The van der Waals surface area contributed by atoms with Crippen LogP contribution in [0.15, 0.2) is 48.5 Å². The van der Waals surface area contributed by atoms with Crippen LogP contribution in [0.2, 0.25) is 0 Å².